The van der Waals surface area contributed by atoms with E-state index in [0.29, 0.717) is 30.9 Å². The van der Waals surface area contributed by atoms with E-state index in [0.717, 1.165) is 31.2 Å². The predicted octanol–water partition coefficient (Wildman–Crippen LogP) is 4.18. The molecule has 130 valence electrons. The first-order valence-corrected chi connectivity index (χ1v) is 8.54. The maximum Gasteiger partial charge on any atom is 0.160 e. The van der Waals surface area contributed by atoms with Crippen molar-refractivity contribution in [1.29, 1.82) is 0 Å². The van der Waals surface area contributed by atoms with Crippen LogP contribution in [0, 0.1) is 0 Å². The molecular formula is C19H30O4. The van der Waals surface area contributed by atoms with Gasteiger partial charge in [-0.2, -0.15) is 0 Å². The molecule has 2 unspecified atom stereocenters. The van der Waals surface area contributed by atoms with E-state index in [9.17, 15) is 15.0 Å². The van der Waals surface area contributed by atoms with Crippen LogP contribution in [-0.2, 0) is 4.79 Å². The lowest BCUT2D eigenvalue weighted by atomic mass is 9.94. The minimum Gasteiger partial charge on any atom is -0.504 e. The third kappa shape index (κ3) is 7.04. The molecule has 0 fully saturated rings. The minimum absolute atomic E-state index is 0.132. The summed E-state index contributed by atoms with van der Waals surface area (Å²) in [6.07, 6.45) is 5.15. The average Bonchev–Trinajstić information content (AvgIpc) is 2.54. The molecule has 0 aromatic heterocycles. The highest BCUT2D eigenvalue weighted by Gasteiger charge is 2.11. The number of phenols is 1. The number of carbonyl (C=O) groups excluding carboxylic acids is 1. The molecule has 0 spiro atoms. The Morgan fingerprint density at radius 1 is 1.22 bits per heavy atom. The third-order valence-corrected chi connectivity index (χ3v) is 4.30. The van der Waals surface area contributed by atoms with E-state index < -0.39 is 6.10 Å². The van der Waals surface area contributed by atoms with Crippen molar-refractivity contribution < 1.29 is 19.7 Å². The summed E-state index contributed by atoms with van der Waals surface area (Å²) < 4.78 is 5.14. The molecule has 4 nitrogen and oxygen atoms in total. The first kappa shape index (κ1) is 19.5. The van der Waals surface area contributed by atoms with Crippen LogP contribution in [0.3, 0.4) is 0 Å². The van der Waals surface area contributed by atoms with E-state index in [1.54, 1.807) is 13.2 Å². The molecule has 0 radical (unpaired) electrons. The highest BCUT2D eigenvalue weighted by molar-refractivity contribution is 5.78. The molecule has 0 heterocycles. The van der Waals surface area contributed by atoms with E-state index in [1.807, 2.05) is 19.1 Å². The molecule has 1 aromatic carbocycles. The van der Waals surface area contributed by atoms with Gasteiger partial charge in [-0.3, -0.25) is 4.79 Å². The van der Waals surface area contributed by atoms with Crippen molar-refractivity contribution in [2.75, 3.05) is 7.11 Å². The van der Waals surface area contributed by atoms with Gasteiger partial charge in [-0.05, 0) is 36.5 Å². The number of phenolic OH excluding ortho intramolecular Hbond substituents is 1. The van der Waals surface area contributed by atoms with Crippen LogP contribution >= 0.6 is 0 Å². The molecule has 0 saturated carbocycles. The number of aliphatic hydroxyl groups excluding tert-OH is 1. The van der Waals surface area contributed by atoms with Crippen LogP contribution in [0.15, 0.2) is 18.2 Å². The highest BCUT2D eigenvalue weighted by atomic mass is 16.5. The number of ether oxygens (including phenoxy) is 1. The van der Waals surface area contributed by atoms with Gasteiger partial charge in [-0.1, -0.05) is 39.2 Å². The van der Waals surface area contributed by atoms with Crippen LogP contribution in [0.25, 0.3) is 0 Å². The molecule has 1 rings (SSSR count). The zero-order valence-corrected chi connectivity index (χ0v) is 14.5. The van der Waals surface area contributed by atoms with E-state index in [1.165, 1.54) is 0 Å². The second kappa shape index (κ2) is 10.3. The number of carbonyl (C=O) groups is 1. The number of rotatable bonds is 11. The summed E-state index contributed by atoms with van der Waals surface area (Å²) in [5.74, 6) is 1.21. The van der Waals surface area contributed by atoms with Crippen LogP contribution in [0.1, 0.15) is 70.3 Å². The van der Waals surface area contributed by atoms with Gasteiger partial charge in [0.25, 0.3) is 0 Å². The van der Waals surface area contributed by atoms with Crippen molar-refractivity contribution in [3.8, 4) is 11.5 Å². The zero-order valence-electron chi connectivity index (χ0n) is 14.5. The van der Waals surface area contributed by atoms with Gasteiger partial charge in [-0.15, -0.1) is 0 Å². The lowest BCUT2D eigenvalue weighted by Gasteiger charge is -2.14. The van der Waals surface area contributed by atoms with Gasteiger partial charge in [0, 0.05) is 12.8 Å². The van der Waals surface area contributed by atoms with Crippen LogP contribution < -0.4 is 4.74 Å². The highest BCUT2D eigenvalue weighted by Crippen LogP contribution is 2.31. The number of methoxy groups -OCH3 is 1. The SMILES string of the molecule is CCC(=O)CC(O)CCCCCC(C)c1ccc(O)c(OC)c1. The Morgan fingerprint density at radius 3 is 2.57 bits per heavy atom. The largest absolute Gasteiger partial charge is 0.504 e. The number of aromatic hydroxyl groups is 1. The van der Waals surface area contributed by atoms with Gasteiger partial charge in [0.15, 0.2) is 11.5 Å². The number of unbranched alkanes of at least 4 members (excludes halogenated alkanes) is 2. The molecule has 0 aliphatic rings. The van der Waals surface area contributed by atoms with Gasteiger partial charge in [0.05, 0.1) is 13.2 Å². The summed E-state index contributed by atoms with van der Waals surface area (Å²) in [6, 6.07) is 5.49. The second-order valence-corrected chi connectivity index (χ2v) is 6.22. The normalized spacial score (nSPS) is 13.6. The standard InChI is InChI=1S/C19H30O4/c1-4-16(20)13-17(21)9-7-5-6-8-14(2)15-10-11-18(22)19(12-15)23-3/h10-12,14,17,21-22H,4-9,13H2,1-3H3. The smallest absolute Gasteiger partial charge is 0.160 e. The Hall–Kier alpha value is -1.55. The fourth-order valence-electron chi connectivity index (χ4n) is 2.68. The summed E-state index contributed by atoms with van der Waals surface area (Å²) in [4.78, 5) is 11.2. The molecule has 2 N–H and O–H groups in total. The average molecular weight is 322 g/mol. The second-order valence-electron chi connectivity index (χ2n) is 6.22. The van der Waals surface area contributed by atoms with Crippen LogP contribution in [-0.4, -0.2) is 29.2 Å². The van der Waals surface area contributed by atoms with Crippen molar-refractivity contribution in [2.24, 2.45) is 0 Å². The fraction of sp³-hybridized carbons (Fsp3) is 0.632. The molecule has 0 saturated heterocycles. The number of hydrogen-bond acceptors (Lipinski definition) is 4. The van der Waals surface area contributed by atoms with Crippen molar-refractivity contribution in [1.82, 2.24) is 0 Å². The summed E-state index contributed by atoms with van der Waals surface area (Å²) in [7, 11) is 1.55. The zero-order chi connectivity index (χ0) is 17.2. The fourth-order valence-corrected chi connectivity index (χ4v) is 2.68. The molecular weight excluding hydrogens is 292 g/mol. The van der Waals surface area contributed by atoms with Gasteiger partial charge >= 0.3 is 0 Å². The molecule has 0 aliphatic heterocycles. The van der Waals surface area contributed by atoms with Crippen LogP contribution in [0.5, 0.6) is 11.5 Å². The number of Topliss-reactive ketones (excluding diaryl/α,β-unsaturated/α-hetero) is 1. The first-order valence-electron chi connectivity index (χ1n) is 8.54. The summed E-state index contributed by atoms with van der Waals surface area (Å²) in [5, 5.41) is 19.4. The summed E-state index contributed by atoms with van der Waals surface area (Å²) >= 11 is 0. The number of aliphatic hydroxyl groups is 1. The number of hydrogen-bond donors (Lipinski definition) is 2. The van der Waals surface area contributed by atoms with Gasteiger partial charge in [0.2, 0.25) is 0 Å². The quantitative estimate of drug-likeness (QED) is 0.600. The van der Waals surface area contributed by atoms with E-state index in [4.69, 9.17) is 4.74 Å². The van der Waals surface area contributed by atoms with E-state index in [2.05, 4.69) is 6.92 Å². The van der Waals surface area contributed by atoms with Crippen LogP contribution in [0.2, 0.25) is 0 Å². The Morgan fingerprint density at radius 2 is 1.91 bits per heavy atom. The predicted molar refractivity (Wildman–Crippen MR) is 92.1 cm³/mol. The third-order valence-electron chi connectivity index (χ3n) is 4.30. The maximum absolute atomic E-state index is 11.2. The maximum atomic E-state index is 11.2. The van der Waals surface area contributed by atoms with Crippen molar-refractivity contribution in [3.05, 3.63) is 23.8 Å². The molecule has 0 bridgehead atoms. The summed E-state index contributed by atoms with van der Waals surface area (Å²) in [6.45, 7) is 4.00. The van der Waals surface area contributed by atoms with E-state index >= 15 is 0 Å². The Bertz CT molecular complexity index is 484. The first-order chi connectivity index (χ1) is 11.0. The molecule has 1 aromatic rings. The Balaban J connectivity index is 2.26. The molecule has 4 heteroatoms. The van der Waals surface area contributed by atoms with Crippen molar-refractivity contribution >= 4 is 5.78 Å². The van der Waals surface area contributed by atoms with E-state index in [-0.39, 0.29) is 11.5 Å². The van der Waals surface area contributed by atoms with Crippen LogP contribution in [0.4, 0.5) is 0 Å². The number of benzene rings is 1. The topological polar surface area (TPSA) is 66.8 Å². The van der Waals surface area contributed by atoms with Crippen molar-refractivity contribution in [3.63, 3.8) is 0 Å². The Labute approximate surface area is 139 Å². The van der Waals surface area contributed by atoms with Crippen molar-refractivity contribution in [2.45, 2.75) is 70.8 Å². The lowest BCUT2D eigenvalue weighted by molar-refractivity contribution is -0.120. The monoisotopic (exact) mass is 322 g/mol. The number of ketones is 1. The molecule has 23 heavy (non-hydrogen) atoms. The Kier molecular flexibility index (Phi) is 8.70. The van der Waals surface area contributed by atoms with Gasteiger partial charge in [-0.25, -0.2) is 0 Å². The summed E-state index contributed by atoms with van der Waals surface area (Å²) in [5.41, 5.74) is 1.16. The molecule has 0 aliphatic carbocycles. The minimum atomic E-state index is -0.485. The lowest BCUT2D eigenvalue weighted by Crippen LogP contribution is -2.12. The molecule has 2 atom stereocenters. The molecule has 0 amide bonds. The van der Waals surface area contributed by atoms with Gasteiger partial charge in [0.1, 0.15) is 5.78 Å². The van der Waals surface area contributed by atoms with Gasteiger partial charge < -0.3 is 14.9 Å².